The van der Waals surface area contributed by atoms with Crippen LogP contribution in [0.4, 0.5) is 0 Å². The van der Waals surface area contributed by atoms with Crippen LogP contribution in [0.3, 0.4) is 0 Å². The number of nitrogens with zero attached hydrogens (tertiary/aromatic N) is 3. The van der Waals surface area contributed by atoms with Gasteiger partial charge in [0.25, 0.3) is 0 Å². The van der Waals surface area contributed by atoms with Gasteiger partial charge in [0.2, 0.25) is 5.91 Å². The van der Waals surface area contributed by atoms with Gasteiger partial charge in [-0.25, -0.2) is 0 Å². The smallest absolute Gasteiger partial charge is 0.226 e. The molecule has 2 atom stereocenters. The highest BCUT2D eigenvalue weighted by atomic mass is 35.5. The van der Waals surface area contributed by atoms with E-state index in [1.54, 1.807) is 6.20 Å². The van der Waals surface area contributed by atoms with Crippen molar-refractivity contribution in [2.75, 3.05) is 26.2 Å². The Morgan fingerprint density at radius 1 is 1.16 bits per heavy atom. The van der Waals surface area contributed by atoms with Crippen LogP contribution in [-0.4, -0.2) is 46.9 Å². The summed E-state index contributed by atoms with van der Waals surface area (Å²) in [7, 11) is 0. The van der Waals surface area contributed by atoms with Crippen molar-refractivity contribution in [2.24, 2.45) is 5.92 Å². The molecule has 0 radical (unpaired) electrons. The minimum atomic E-state index is 0.142. The van der Waals surface area contributed by atoms with E-state index >= 15 is 0 Å². The second kappa shape index (κ2) is 7.14. The molecular formula is C20H22ClN3O. The van der Waals surface area contributed by atoms with Gasteiger partial charge in [-0.2, -0.15) is 0 Å². The fourth-order valence-electron chi connectivity index (χ4n) is 3.68. The zero-order chi connectivity index (χ0) is 17.2. The van der Waals surface area contributed by atoms with E-state index in [9.17, 15) is 4.79 Å². The number of carbonyl (C=O) groups excluding carboxylic acids is 1. The van der Waals surface area contributed by atoms with Gasteiger partial charge in [-0.05, 0) is 41.7 Å². The van der Waals surface area contributed by atoms with E-state index in [2.05, 4.69) is 22.0 Å². The van der Waals surface area contributed by atoms with Crippen molar-refractivity contribution < 1.29 is 4.79 Å². The maximum Gasteiger partial charge on any atom is 0.226 e. The summed E-state index contributed by atoms with van der Waals surface area (Å²) in [4.78, 5) is 21.4. The molecule has 130 valence electrons. The fourth-order valence-corrected chi connectivity index (χ4v) is 3.88. The molecule has 0 bridgehead atoms. The standard InChI is InChI=1S/C20H22ClN3O/c21-17-5-1-4-16(11-17)18-12-19(18)20(25)24-9-7-23(8-10-24)14-15-3-2-6-22-13-15/h1-6,11,13,18-19H,7-10,12,14H2/t18-,19-/m1/s1. The highest BCUT2D eigenvalue weighted by molar-refractivity contribution is 6.30. The molecule has 4 nitrogen and oxygen atoms in total. The maximum absolute atomic E-state index is 12.8. The third-order valence-corrected chi connectivity index (χ3v) is 5.43. The maximum atomic E-state index is 12.8. The minimum Gasteiger partial charge on any atom is -0.340 e. The van der Waals surface area contributed by atoms with Gasteiger partial charge in [0, 0.05) is 56.1 Å². The molecule has 0 N–H and O–H groups in total. The summed E-state index contributed by atoms with van der Waals surface area (Å²) in [6, 6.07) is 12.0. The van der Waals surface area contributed by atoms with Crippen molar-refractivity contribution in [3.05, 3.63) is 64.9 Å². The molecule has 1 aliphatic heterocycles. The predicted molar refractivity (Wildman–Crippen MR) is 98.4 cm³/mol. The van der Waals surface area contributed by atoms with E-state index in [1.165, 1.54) is 11.1 Å². The molecule has 1 aromatic heterocycles. The zero-order valence-corrected chi connectivity index (χ0v) is 14.9. The first-order valence-electron chi connectivity index (χ1n) is 8.86. The van der Waals surface area contributed by atoms with Crippen LogP contribution in [0.25, 0.3) is 0 Å². The van der Waals surface area contributed by atoms with Crippen LogP contribution in [0.2, 0.25) is 5.02 Å². The van der Waals surface area contributed by atoms with Gasteiger partial charge in [-0.1, -0.05) is 29.8 Å². The first-order chi connectivity index (χ1) is 12.2. The number of halogens is 1. The largest absolute Gasteiger partial charge is 0.340 e. The second-order valence-corrected chi connectivity index (χ2v) is 7.40. The van der Waals surface area contributed by atoms with Gasteiger partial charge in [0.05, 0.1) is 0 Å². The number of hydrogen-bond donors (Lipinski definition) is 0. The van der Waals surface area contributed by atoms with E-state index in [-0.39, 0.29) is 5.92 Å². The van der Waals surface area contributed by atoms with E-state index in [0.717, 1.165) is 44.2 Å². The number of aromatic nitrogens is 1. The van der Waals surface area contributed by atoms with E-state index < -0.39 is 0 Å². The van der Waals surface area contributed by atoms with Crippen molar-refractivity contribution in [3.63, 3.8) is 0 Å². The minimum absolute atomic E-state index is 0.142. The molecule has 2 aromatic rings. The average Bonchev–Trinajstić information content (AvgIpc) is 3.43. The number of rotatable bonds is 4. The molecule has 4 rings (SSSR count). The van der Waals surface area contributed by atoms with Gasteiger partial charge < -0.3 is 4.90 Å². The molecule has 0 spiro atoms. The highest BCUT2D eigenvalue weighted by Crippen LogP contribution is 2.48. The quantitative estimate of drug-likeness (QED) is 0.845. The summed E-state index contributed by atoms with van der Waals surface area (Å²) in [5.74, 6) is 0.800. The third-order valence-electron chi connectivity index (χ3n) is 5.20. The van der Waals surface area contributed by atoms with Gasteiger partial charge in [0.1, 0.15) is 0 Å². The first-order valence-corrected chi connectivity index (χ1v) is 9.24. The molecule has 1 saturated carbocycles. The Hall–Kier alpha value is -1.91. The molecule has 1 aromatic carbocycles. The summed E-state index contributed by atoms with van der Waals surface area (Å²) >= 11 is 6.07. The van der Waals surface area contributed by atoms with E-state index in [1.807, 2.05) is 35.4 Å². The number of hydrogen-bond acceptors (Lipinski definition) is 3. The molecule has 2 fully saturated rings. The number of amides is 1. The number of benzene rings is 1. The van der Waals surface area contributed by atoms with Gasteiger partial charge in [-0.15, -0.1) is 0 Å². The molecule has 0 unspecified atom stereocenters. The van der Waals surface area contributed by atoms with Crippen LogP contribution in [0.15, 0.2) is 48.8 Å². The van der Waals surface area contributed by atoms with Crippen molar-refractivity contribution in [1.29, 1.82) is 0 Å². The molecule has 1 saturated heterocycles. The summed E-state index contributed by atoms with van der Waals surface area (Å²) < 4.78 is 0. The summed E-state index contributed by atoms with van der Waals surface area (Å²) in [5, 5.41) is 0.750. The van der Waals surface area contributed by atoms with Crippen LogP contribution in [0.5, 0.6) is 0 Å². The Morgan fingerprint density at radius 2 is 2.00 bits per heavy atom. The predicted octanol–water partition coefficient (Wildman–Crippen LogP) is 3.18. The second-order valence-electron chi connectivity index (χ2n) is 6.97. The lowest BCUT2D eigenvalue weighted by Crippen LogP contribution is -2.48. The topological polar surface area (TPSA) is 36.4 Å². The summed E-state index contributed by atoms with van der Waals surface area (Å²) in [6.45, 7) is 4.39. The SMILES string of the molecule is O=C([C@@H]1C[C@@H]1c1cccc(Cl)c1)N1CCN(Cc2cccnc2)CC1. The molecule has 1 aliphatic carbocycles. The Morgan fingerprint density at radius 3 is 2.72 bits per heavy atom. The lowest BCUT2D eigenvalue weighted by atomic mass is 10.1. The Balaban J connectivity index is 1.29. The van der Waals surface area contributed by atoms with E-state index in [0.29, 0.717) is 11.8 Å². The normalized spacial score (nSPS) is 23.5. The van der Waals surface area contributed by atoms with Crippen LogP contribution in [0, 0.1) is 5.92 Å². The molecule has 1 amide bonds. The fraction of sp³-hybridized carbons (Fsp3) is 0.400. The molecular weight excluding hydrogens is 334 g/mol. The van der Waals surface area contributed by atoms with Crippen molar-refractivity contribution in [3.8, 4) is 0 Å². The molecule has 2 aliphatic rings. The van der Waals surface area contributed by atoms with Crippen molar-refractivity contribution >= 4 is 17.5 Å². The van der Waals surface area contributed by atoms with Gasteiger partial charge in [0.15, 0.2) is 0 Å². The van der Waals surface area contributed by atoms with Crippen LogP contribution in [-0.2, 0) is 11.3 Å². The van der Waals surface area contributed by atoms with Crippen molar-refractivity contribution in [2.45, 2.75) is 18.9 Å². The highest BCUT2D eigenvalue weighted by Gasteiger charge is 2.46. The van der Waals surface area contributed by atoms with Crippen LogP contribution < -0.4 is 0 Å². The van der Waals surface area contributed by atoms with Gasteiger partial charge in [-0.3, -0.25) is 14.7 Å². The number of pyridine rings is 1. The zero-order valence-electron chi connectivity index (χ0n) is 14.1. The average molecular weight is 356 g/mol. The molecule has 2 heterocycles. The Bertz CT molecular complexity index is 744. The lowest BCUT2D eigenvalue weighted by Gasteiger charge is -2.35. The summed E-state index contributed by atoms with van der Waals surface area (Å²) in [5.41, 5.74) is 2.42. The molecule has 5 heteroatoms. The van der Waals surface area contributed by atoms with Crippen molar-refractivity contribution in [1.82, 2.24) is 14.8 Å². The number of piperazine rings is 1. The first kappa shape index (κ1) is 16.6. The number of carbonyl (C=O) groups is 1. The monoisotopic (exact) mass is 355 g/mol. The van der Waals surface area contributed by atoms with Gasteiger partial charge >= 0.3 is 0 Å². The van der Waals surface area contributed by atoms with Crippen LogP contribution in [0.1, 0.15) is 23.5 Å². The lowest BCUT2D eigenvalue weighted by molar-refractivity contribution is -0.134. The third kappa shape index (κ3) is 3.86. The summed E-state index contributed by atoms with van der Waals surface area (Å²) in [6.07, 6.45) is 4.67. The Kier molecular flexibility index (Phi) is 4.73. The molecule has 25 heavy (non-hydrogen) atoms. The van der Waals surface area contributed by atoms with Crippen LogP contribution >= 0.6 is 11.6 Å². The van der Waals surface area contributed by atoms with E-state index in [4.69, 9.17) is 11.6 Å². The Labute approximate surface area is 153 Å².